The number of rotatable bonds is 2. The molecule has 2 fully saturated rings. The van der Waals surface area contributed by atoms with Gasteiger partial charge in [-0.05, 0) is 56.0 Å². The Labute approximate surface area is 244 Å². The number of hydrogen-bond donors (Lipinski definition) is 1. The van der Waals surface area contributed by atoms with Crippen LogP contribution in [-0.4, -0.2) is 78.3 Å². The van der Waals surface area contributed by atoms with Crippen LogP contribution in [0, 0.1) is 13.8 Å². The van der Waals surface area contributed by atoms with Gasteiger partial charge in [-0.1, -0.05) is 24.3 Å². The van der Waals surface area contributed by atoms with Gasteiger partial charge in [0.2, 0.25) is 17.8 Å². The lowest BCUT2D eigenvalue weighted by molar-refractivity contribution is -0.0552. The minimum Gasteiger partial charge on any atom is -0.471 e. The van der Waals surface area contributed by atoms with E-state index in [-0.39, 0.29) is 53.6 Å². The number of carbonyl (C=O) groups is 1. The number of sulfonamides is 1. The van der Waals surface area contributed by atoms with Crippen molar-refractivity contribution >= 4 is 21.9 Å². The zero-order valence-electron chi connectivity index (χ0n) is 23.5. The monoisotopic (exact) mass is 597 g/mol. The van der Waals surface area contributed by atoms with Gasteiger partial charge in [0.25, 0.3) is 15.9 Å². The van der Waals surface area contributed by atoms with Crippen molar-refractivity contribution in [1.29, 1.82) is 0 Å². The van der Waals surface area contributed by atoms with E-state index in [4.69, 9.17) is 4.74 Å². The summed E-state index contributed by atoms with van der Waals surface area (Å²) in [7, 11) is -4.13. The fourth-order valence-corrected chi connectivity index (χ4v) is 7.17. The number of hydrogen-bond acceptors (Lipinski definition) is 7. The third-order valence-electron chi connectivity index (χ3n) is 8.35. The molecule has 0 spiro atoms. The molecule has 2 aliphatic heterocycles. The van der Waals surface area contributed by atoms with E-state index in [2.05, 4.69) is 19.6 Å². The van der Waals surface area contributed by atoms with E-state index in [0.717, 1.165) is 16.7 Å². The third-order valence-corrected chi connectivity index (χ3v) is 9.68. The van der Waals surface area contributed by atoms with Crippen molar-refractivity contribution in [2.24, 2.45) is 0 Å². The Kier molecular flexibility index (Phi) is 7.38. The molecule has 3 heterocycles. The fourth-order valence-electron chi connectivity index (χ4n) is 6.18. The number of carbonyl (C=O) groups excluding carboxylic acids is 1. The first-order valence-electron chi connectivity index (χ1n) is 14.1. The van der Waals surface area contributed by atoms with Crippen LogP contribution in [0.2, 0.25) is 0 Å². The second-order valence-corrected chi connectivity index (χ2v) is 13.1. The van der Waals surface area contributed by atoms with Crippen LogP contribution in [0.15, 0.2) is 53.4 Å². The molecule has 0 unspecified atom stereocenters. The van der Waals surface area contributed by atoms with E-state index in [0.29, 0.717) is 38.2 Å². The van der Waals surface area contributed by atoms with Crippen molar-refractivity contribution in [1.82, 2.24) is 19.8 Å². The van der Waals surface area contributed by atoms with Crippen LogP contribution < -0.4 is 9.46 Å². The Balaban J connectivity index is 1.44. The van der Waals surface area contributed by atoms with Gasteiger partial charge in [-0.15, -0.1) is 0 Å². The Hall–Kier alpha value is -3.64. The van der Waals surface area contributed by atoms with E-state index in [1.807, 2.05) is 32.0 Å². The highest BCUT2D eigenvalue weighted by molar-refractivity contribution is 7.92. The number of halogens is 2. The summed E-state index contributed by atoms with van der Waals surface area (Å²) in [5.41, 5.74) is 3.45. The Morgan fingerprint density at radius 1 is 0.976 bits per heavy atom. The van der Waals surface area contributed by atoms with Gasteiger partial charge in [0.1, 0.15) is 6.10 Å². The quantitative estimate of drug-likeness (QED) is 0.458. The molecule has 1 N–H and O–H groups in total. The van der Waals surface area contributed by atoms with E-state index in [1.165, 1.54) is 18.2 Å². The molecule has 42 heavy (non-hydrogen) atoms. The minimum absolute atomic E-state index is 0.0501. The van der Waals surface area contributed by atoms with Crippen LogP contribution >= 0.6 is 0 Å². The number of aryl methyl sites for hydroxylation is 2. The van der Waals surface area contributed by atoms with Crippen molar-refractivity contribution in [3.8, 4) is 17.1 Å². The van der Waals surface area contributed by atoms with Crippen LogP contribution in [0.5, 0.6) is 5.88 Å². The Morgan fingerprint density at radius 2 is 1.69 bits per heavy atom. The summed E-state index contributed by atoms with van der Waals surface area (Å²) in [5.74, 6) is -2.97. The second-order valence-electron chi connectivity index (χ2n) is 11.4. The van der Waals surface area contributed by atoms with Crippen LogP contribution in [0.3, 0.4) is 0 Å². The van der Waals surface area contributed by atoms with Crippen molar-refractivity contribution in [3.63, 3.8) is 0 Å². The van der Waals surface area contributed by atoms with Gasteiger partial charge in [-0.3, -0.25) is 9.69 Å². The van der Waals surface area contributed by atoms with Crippen molar-refractivity contribution in [2.75, 3.05) is 30.9 Å². The maximum Gasteiger partial charge on any atom is 0.264 e. The molecule has 6 rings (SSSR count). The van der Waals surface area contributed by atoms with Gasteiger partial charge in [-0.25, -0.2) is 26.9 Å². The number of alkyl halides is 2. The summed E-state index contributed by atoms with van der Waals surface area (Å²) in [5, 5.41) is 0. The van der Waals surface area contributed by atoms with Crippen molar-refractivity contribution < 1.29 is 26.7 Å². The van der Waals surface area contributed by atoms with E-state index in [1.54, 1.807) is 17.0 Å². The van der Waals surface area contributed by atoms with Gasteiger partial charge in [0.05, 0.1) is 17.1 Å². The summed E-state index contributed by atoms with van der Waals surface area (Å²) in [6, 6.07) is 13.3. The summed E-state index contributed by atoms with van der Waals surface area (Å²) < 4.78 is 63.6. The first-order valence-corrected chi connectivity index (χ1v) is 15.6. The molecule has 2 aromatic carbocycles. The molecule has 1 saturated carbocycles. The average molecular weight is 598 g/mol. The second kappa shape index (κ2) is 10.9. The highest BCUT2D eigenvalue weighted by atomic mass is 32.2. The van der Waals surface area contributed by atoms with E-state index >= 15 is 0 Å². The van der Waals surface area contributed by atoms with Crippen molar-refractivity contribution in [3.05, 3.63) is 65.2 Å². The minimum atomic E-state index is -4.13. The van der Waals surface area contributed by atoms with Crippen LogP contribution in [0.1, 0.15) is 47.2 Å². The number of nitrogens with one attached hydrogen (secondary N) is 1. The summed E-state index contributed by atoms with van der Waals surface area (Å²) in [4.78, 5) is 26.4. The van der Waals surface area contributed by atoms with Gasteiger partial charge >= 0.3 is 0 Å². The van der Waals surface area contributed by atoms with Crippen LogP contribution in [-0.2, 0) is 10.0 Å². The molecular weight excluding hydrogens is 564 g/mol. The molecule has 1 saturated heterocycles. The smallest absolute Gasteiger partial charge is 0.264 e. The predicted octanol–water partition coefficient (Wildman–Crippen LogP) is 4.66. The zero-order chi connectivity index (χ0) is 29.6. The number of aromatic nitrogens is 2. The molecule has 0 radical (unpaired) electrons. The topological polar surface area (TPSA) is 105 Å². The Bertz CT molecular complexity index is 1600. The molecular formula is C30H33F2N5O4S. The highest BCUT2D eigenvalue weighted by Crippen LogP contribution is 2.36. The van der Waals surface area contributed by atoms with E-state index < -0.39 is 22.0 Å². The lowest BCUT2D eigenvalue weighted by Gasteiger charge is -2.37. The SMILES string of the molecule is Cc1cccc(C)c1-c1cc2nc(n1)NS(=O)(=O)c1cccc(c1)C(=O)N1CCN(C3CCC(F)(F)CC3)C[C@H](C1)O2. The molecule has 1 aromatic heterocycles. The number of nitrogens with zero attached hydrogens (tertiary/aromatic N) is 4. The van der Waals surface area contributed by atoms with Gasteiger partial charge in [0, 0.05) is 55.7 Å². The van der Waals surface area contributed by atoms with Gasteiger partial charge in [-0.2, -0.15) is 4.98 Å². The van der Waals surface area contributed by atoms with Crippen LogP contribution in [0.25, 0.3) is 11.3 Å². The Morgan fingerprint density at radius 3 is 2.43 bits per heavy atom. The molecule has 9 nitrogen and oxygen atoms in total. The normalized spacial score (nSPS) is 22.5. The molecule has 1 amide bonds. The number of amides is 1. The number of ether oxygens (including phenoxy) is 1. The number of anilines is 1. The first kappa shape index (κ1) is 28.5. The lowest BCUT2D eigenvalue weighted by atomic mass is 9.91. The third kappa shape index (κ3) is 5.82. The summed E-state index contributed by atoms with van der Waals surface area (Å²) >= 11 is 0. The lowest BCUT2D eigenvalue weighted by Crippen LogP contribution is -2.45. The maximum absolute atomic E-state index is 14.0. The summed E-state index contributed by atoms with van der Waals surface area (Å²) in [6.45, 7) is 5.37. The molecule has 3 aromatic rings. The first-order chi connectivity index (χ1) is 20.0. The standard InChI is InChI=1S/C30H33F2N5O4S/c1-19-5-3-6-20(2)27(19)25-16-26-34-29(33-25)35-42(39,40)24-8-4-7-21(15-24)28(38)37-14-13-36(17-23(18-37)41-26)22-9-11-30(31,32)12-10-22/h3-8,15-16,22-23H,9-14,17-18H2,1-2H3,(H,33,34,35)/t23-/m1/s1. The maximum atomic E-state index is 14.0. The van der Waals surface area contributed by atoms with Crippen LogP contribution in [0.4, 0.5) is 14.7 Å². The number of fused-ring (bicyclic) bond motifs is 6. The molecule has 3 aliphatic rings. The average Bonchev–Trinajstić information content (AvgIpc) is 3.14. The van der Waals surface area contributed by atoms with Gasteiger partial charge < -0.3 is 9.64 Å². The summed E-state index contributed by atoms with van der Waals surface area (Å²) in [6.07, 6.45) is -0.140. The number of benzene rings is 2. The molecule has 12 heteroatoms. The molecule has 1 aliphatic carbocycles. The molecule has 222 valence electrons. The molecule has 1 atom stereocenters. The molecule has 6 bridgehead atoms. The predicted molar refractivity (Wildman–Crippen MR) is 153 cm³/mol. The zero-order valence-corrected chi connectivity index (χ0v) is 24.3. The largest absolute Gasteiger partial charge is 0.471 e. The fraction of sp³-hybridized carbons (Fsp3) is 0.433. The van der Waals surface area contributed by atoms with E-state index in [9.17, 15) is 22.0 Å². The van der Waals surface area contributed by atoms with Gasteiger partial charge in [0.15, 0.2) is 0 Å². The highest BCUT2D eigenvalue weighted by Gasteiger charge is 2.39. The van der Waals surface area contributed by atoms with Crippen molar-refractivity contribution in [2.45, 2.75) is 62.5 Å².